The van der Waals surface area contributed by atoms with Gasteiger partial charge < -0.3 is 4.74 Å². The number of esters is 1. The maximum atomic E-state index is 12.1. The van der Waals surface area contributed by atoms with E-state index in [1.54, 1.807) is 41.9 Å². The molecule has 5 nitrogen and oxygen atoms in total. The lowest BCUT2D eigenvalue weighted by molar-refractivity contribution is -0.135. The van der Waals surface area contributed by atoms with Gasteiger partial charge in [0, 0.05) is 17.0 Å². The first-order valence-electron chi connectivity index (χ1n) is 8.07. The van der Waals surface area contributed by atoms with Crippen LogP contribution in [0.4, 0.5) is 0 Å². The van der Waals surface area contributed by atoms with Gasteiger partial charge in [0.15, 0.2) is 0 Å². The molecular formula is C19H18ClNO4. The summed E-state index contributed by atoms with van der Waals surface area (Å²) >= 11 is 5.81. The molecule has 1 aliphatic carbocycles. The summed E-state index contributed by atoms with van der Waals surface area (Å²) in [6, 6.07) is 12.1. The number of aryl methyl sites for hydroxylation is 1. The molecule has 0 saturated heterocycles. The Morgan fingerprint density at radius 3 is 2.64 bits per heavy atom. The molecule has 3 rings (SSSR count). The highest BCUT2D eigenvalue weighted by atomic mass is 35.5. The van der Waals surface area contributed by atoms with Gasteiger partial charge in [0.2, 0.25) is 0 Å². The van der Waals surface area contributed by atoms with Crippen LogP contribution < -0.4 is 10.2 Å². The fraction of sp³-hybridized carbons (Fsp3) is 0.263. The molecule has 0 heterocycles. The van der Waals surface area contributed by atoms with Gasteiger partial charge in [-0.15, -0.1) is 0 Å². The standard InChI is InChI=1S/C19H18ClNO4/c20-16-5-7-17(8-6-16)25-18(22)10-12-1-2-13-3-4-14(19(23)21-24)11-15(13)9-12/h3-8,11-12,24H,1-2,9-10H2,(H,21,23). The van der Waals surface area contributed by atoms with Crippen molar-refractivity contribution >= 4 is 23.5 Å². The molecule has 2 N–H and O–H groups in total. The number of carbonyl (C=O) groups excluding carboxylic acids is 2. The van der Waals surface area contributed by atoms with Crippen LogP contribution in [0.2, 0.25) is 5.02 Å². The Morgan fingerprint density at radius 2 is 1.92 bits per heavy atom. The number of hydrogen-bond donors (Lipinski definition) is 2. The maximum absolute atomic E-state index is 12.1. The Balaban J connectivity index is 1.62. The summed E-state index contributed by atoms with van der Waals surface area (Å²) in [6.45, 7) is 0. The molecule has 0 fully saturated rings. The second-order valence-electron chi connectivity index (χ2n) is 6.17. The first kappa shape index (κ1) is 17.5. The highest BCUT2D eigenvalue weighted by Crippen LogP contribution is 2.29. The zero-order valence-corrected chi connectivity index (χ0v) is 14.3. The average molecular weight is 360 g/mol. The van der Waals surface area contributed by atoms with E-state index < -0.39 is 5.91 Å². The Morgan fingerprint density at radius 1 is 1.16 bits per heavy atom. The lowest BCUT2D eigenvalue weighted by Gasteiger charge is -2.24. The van der Waals surface area contributed by atoms with E-state index in [0.717, 1.165) is 18.4 Å². The van der Waals surface area contributed by atoms with Crippen LogP contribution in [-0.4, -0.2) is 17.1 Å². The zero-order chi connectivity index (χ0) is 17.8. The van der Waals surface area contributed by atoms with E-state index in [1.807, 2.05) is 6.07 Å². The van der Waals surface area contributed by atoms with E-state index in [1.165, 1.54) is 5.56 Å². The molecule has 0 saturated carbocycles. The number of hydroxylamine groups is 1. The van der Waals surface area contributed by atoms with Gasteiger partial charge in [-0.25, -0.2) is 5.48 Å². The van der Waals surface area contributed by atoms with Gasteiger partial charge in [0.1, 0.15) is 5.75 Å². The number of fused-ring (bicyclic) bond motifs is 1. The topological polar surface area (TPSA) is 75.6 Å². The molecule has 0 aromatic heterocycles. The minimum Gasteiger partial charge on any atom is -0.427 e. The van der Waals surface area contributed by atoms with Crippen molar-refractivity contribution in [3.05, 3.63) is 64.2 Å². The van der Waals surface area contributed by atoms with Gasteiger partial charge >= 0.3 is 5.97 Å². The third kappa shape index (κ3) is 4.38. The third-order valence-corrected chi connectivity index (χ3v) is 4.65. The van der Waals surface area contributed by atoms with Crippen molar-refractivity contribution in [2.45, 2.75) is 25.7 Å². The van der Waals surface area contributed by atoms with Crippen molar-refractivity contribution in [2.24, 2.45) is 5.92 Å². The summed E-state index contributed by atoms with van der Waals surface area (Å²) in [5.41, 5.74) is 4.26. The molecule has 1 amide bonds. The number of halogens is 1. The van der Waals surface area contributed by atoms with Crippen LogP contribution in [0.15, 0.2) is 42.5 Å². The Labute approximate surface area is 150 Å². The van der Waals surface area contributed by atoms with Crippen LogP contribution in [0, 0.1) is 5.92 Å². The van der Waals surface area contributed by atoms with E-state index >= 15 is 0 Å². The maximum Gasteiger partial charge on any atom is 0.311 e. The second kappa shape index (κ2) is 7.68. The number of hydrogen-bond acceptors (Lipinski definition) is 4. The lowest BCUT2D eigenvalue weighted by Crippen LogP contribution is -2.22. The Kier molecular flexibility index (Phi) is 5.36. The van der Waals surface area contributed by atoms with Gasteiger partial charge in [-0.1, -0.05) is 17.7 Å². The SMILES string of the molecule is O=C(CC1CCc2ccc(C(=O)NO)cc2C1)Oc1ccc(Cl)cc1. The van der Waals surface area contributed by atoms with E-state index in [0.29, 0.717) is 29.2 Å². The summed E-state index contributed by atoms with van der Waals surface area (Å²) < 4.78 is 5.34. The van der Waals surface area contributed by atoms with Crippen molar-refractivity contribution in [3.8, 4) is 5.75 Å². The molecular weight excluding hydrogens is 342 g/mol. The summed E-state index contributed by atoms with van der Waals surface area (Å²) in [7, 11) is 0. The summed E-state index contributed by atoms with van der Waals surface area (Å²) in [5.74, 6) is -0.167. The van der Waals surface area contributed by atoms with Crippen LogP contribution in [0.5, 0.6) is 5.75 Å². The van der Waals surface area contributed by atoms with E-state index in [9.17, 15) is 9.59 Å². The smallest absolute Gasteiger partial charge is 0.311 e. The third-order valence-electron chi connectivity index (χ3n) is 4.40. The lowest BCUT2D eigenvalue weighted by atomic mass is 9.81. The largest absolute Gasteiger partial charge is 0.427 e. The van der Waals surface area contributed by atoms with Crippen molar-refractivity contribution in [3.63, 3.8) is 0 Å². The predicted molar refractivity (Wildman–Crippen MR) is 92.9 cm³/mol. The monoisotopic (exact) mass is 359 g/mol. The number of carbonyl (C=O) groups is 2. The molecule has 6 heteroatoms. The summed E-state index contributed by atoms with van der Waals surface area (Å²) in [4.78, 5) is 23.7. The minimum absolute atomic E-state index is 0.166. The van der Waals surface area contributed by atoms with Crippen LogP contribution in [0.1, 0.15) is 34.3 Å². The first-order chi connectivity index (χ1) is 12.0. The minimum atomic E-state index is -0.535. The molecule has 1 atom stereocenters. The van der Waals surface area contributed by atoms with E-state index in [4.69, 9.17) is 21.5 Å². The Bertz CT molecular complexity index is 789. The van der Waals surface area contributed by atoms with Crippen LogP contribution in [0.3, 0.4) is 0 Å². The van der Waals surface area contributed by atoms with Gasteiger partial charge in [0.05, 0.1) is 0 Å². The molecule has 0 spiro atoms. The summed E-state index contributed by atoms with van der Waals surface area (Å²) in [6.07, 6.45) is 2.78. The van der Waals surface area contributed by atoms with Crippen LogP contribution in [-0.2, 0) is 17.6 Å². The van der Waals surface area contributed by atoms with Gasteiger partial charge in [-0.3, -0.25) is 14.8 Å². The fourth-order valence-corrected chi connectivity index (χ4v) is 3.25. The van der Waals surface area contributed by atoms with Gasteiger partial charge in [-0.2, -0.15) is 0 Å². The quantitative estimate of drug-likeness (QED) is 0.379. The van der Waals surface area contributed by atoms with Crippen molar-refractivity contribution < 1.29 is 19.5 Å². The van der Waals surface area contributed by atoms with Crippen LogP contribution >= 0.6 is 11.6 Å². The molecule has 25 heavy (non-hydrogen) atoms. The fourth-order valence-electron chi connectivity index (χ4n) is 3.12. The molecule has 1 unspecified atom stereocenters. The van der Waals surface area contributed by atoms with Gasteiger partial charge in [0.25, 0.3) is 5.91 Å². The molecule has 2 aromatic carbocycles. The highest BCUT2D eigenvalue weighted by molar-refractivity contribution is 6.30. The number of rotatable bonds is 4. The average Bonchev–Trinajstić information content (AvgIpc) is 2.62. The van der Waals surface area contributed by atoms with Gasteiger partial charge in [-0.05, 0) is 72.7 Å². The number of nitrogens with one attached hydrogen (secondary N) is 1. The zero-order valence-electron chi connectivity index (χ0n) is 13.5. The molecule has 0 aliphatic heterocycles. The molecule has 1 aliphatic rings. The number of amides is 1. The number of ether oxygens (including phenoxy) is 1. The van der Waals surface area contributed by atoms with E-state index in [-0.39, 0.29) is 11.9 Å². The second-order valence-corrected chi connectivity index (χ2v) is 6.60. The molecule has 130 valence electrons. The van der Waals surface area contributed by atoms with Crippen LogP contribution in [0.25, 0.3) is 0 Å². The summed E-state index contributed by atoms with van der Waals surface area (Å²) in [5, 5.41) is 9.34. The normalized spacial score (nSPS) is 16.0. The van der Waals surface area contributed by atoms with Crippen molar-refractivity contribution in [1.82, 2.24) is 5.48 Å². The molecule has 2 aromatic rings. The Hall–Kier alpha value is -2.37. The van der Waals surface area contributed by atoms with E-state index in [2.05, 4.69) is 0 Å². The van der Waals surface area contributed by atoms with Crippen molar-refractivity contribution in [1.29, 1.82) is 0 Å². The molecule has 0 radical (unpaired) electrons. The number of benzene rings is 2. The molecule has 0 bridgehead atoms. The highest BCUT2D eigenvalue weighted by Gasteiger charge is 2.23. The first-order valence-corrected chi connectivity index (χ1v) is 8.45. The predicted octanol–water partition coefficient (Wildman–Crippen LogP) is 3.56. The van der Waals surface area contributed by atoms with Crippen molar-refractivity contribution in [2.75, 3.05) is 0 Å².